The van der Waals surface area contributed by atoms with Crippen molar-refractivity contribution in [1.29, 1.82) is 0 Å². The molecule has 0 aromatic carbocycles. The molecule has 1 amide bonds. The maximum absolute atomic E-state index is 11.7. The van der Waals surface area contributed by atoms with E-state index < -0.39 is 0 Å². The fraction of sp³-hybridized carbons (Fsp3) is 0.727. The van der Waals surface area contributed by atoms with Crippen LogP contribution in [0.5, 0.6) is 0 Å². The van der Waals surface area contributed by atoms with Crippen molar-refractivity contribution >= 4 is 6.09 Å². The largest absolute Gasteiger partial charge is 0.445 e. The Balaban J connectivity index is 1.96. The fourth-order valence-electron chi connectivity index (χ4n) is 2.62. The summed E-state index contributed by atoms with van der Waals surface area (Å²) in [6.45, 7) is 3.86. The molecule has 2 bridgehead atoms. The number of hydrogen-bond acceptors (Lipinski definition) is 2. The summed E-state index contributed by atoms with van der Waals surface area (Å²) in [6, 6.07) is 0.900. The van der Waals surface area contributed by atoms with Gasteiger partial charge in [0.2, 0.25) is 0 Å². The fourth-order valence-corrected chi connectivity index (χ4v) is 2.62. The highest BCUT2D eigenvalue weighted by molar-refractivity contribution is 5.69. The van der Waals surface area contributed by atoms with E-state index in [9.17, 15) is 4.79 Å². The van der Waals surface area contributed by atoms with E-state index >= 15 is 0 Å². The normalized spacial score (nSPS) is 30.1. The van der Waals surface area contributed by atoms with Gasteiger partial charge in [0.05, 0.1) is 0 Å². The Morgan fingerprint density at radius 2 is 2.00 bits per heavy atom. The lowest BCUT2D eigenvalue weighted by Gasteiger charge is -2.33. The predicted molar refractivity (Wildman–Crippen MR) is 54.0 cm³/mol. The van der Waals surface area contributed by atoms with Gasteiger partial charge in [0.25, 0.3) is 0 Å². The molecule has 0 aromatic heterocycles. The molecule has 0 N–H and O–H groups in total. The first-order valence-corrected chi connectivity index (χ1v) is 5.39. The van der Waals surface area contributed by atoms with Crippen molar-refractivity contribution in [2.45, 2.75) is 44.2 Å². The lowest BCUT2D eigenvalue weighted by molar-refractivity contribution is 0.0774. The number of carbonyl (C=O) groups is 1. The molecule has 78 valence electrons. The van der Waals surface area contributed by atoms with E-state index in [1.54, 1.807) is 6.08 Å². The molecule has 2 atom stereocenters. The molecule has 2 heterocycles. The van der Waals surface area contributed by atoms with Crippen molar-refractivity contribution in [2.24, 2.45) is 0 Å². The number of fused-ring (bicyclic) bond motifs is 2. The van der Waals surface area contributed by atoms with Crippen LogP contribution in [0, 0.1) is 0 Å². The van der Waals surface area contributed by atoms with Crippen LogP contribution in [0.1, 0.15) is 32.1 Å². The van der Waals surface area contributed by atoms with Gasteiger partial charge in [-0.1, -0.05) is 12.7 Å². The van der Waals surface area contributed by atoms with E-state index in [4.69, 9.17) is 4.74 Å². The zero-order valence-corrected chi connectivity index (χ0v) is 8.45. The number of hydrogen-bond donors (Lipinski definition) is 0. The first-order valence-electron chi connectivity index (χ1n) is 5.39. The van der Waals surface area contributed by atoms with Crippen LogP contribution in [0.3, 0.4) is 0 Å². The Morgan fingerprint density at radius 3 is 2.57 bits per heavy atom. The molecule has 2 fully saturated rings. The summed E-state index contributed by atoms with van der Waals surface area (Å²) >= 11 is 0. The van der Waals surface area contributed by atoms with E-state index in [0.29, 0.717) is 18.7 Å². The molecule has 2 aliphatic rings. The molecular formula is C11H17NO2. The molecular weight excluding hydrogens is 178 g/mol. The van der Waals surface area contributed by atoms with Gasteiger partial charge in [0, 0.05) is 12.1 Å². The average Bonchev–Trinajstić information content (AvgIpc) is 2.45. The summed E-state index contributed by atoms with van der Waals surface area (Å²) < 4.78 is 5.08. The van der Waals surface area contributed by atoms with Crippen molar-refractivity contribution in [3.8, 4) is 0 Å². The second kappa shape index (κ2) is 4.03. The third-order valence-corrected chi connectivity index (χ3v) is 3.23. The zero-order valence-electron chi connectivity index (χ0n) is 8.45. The standard InChI is InChI=1S/C11H17NO2/c1-2-8-14-11(13)12-9-4-3-5-10(12)7-6-9/h2,9-10H,1,3-8H2. The van der Waals surface area contributed by atoms with Gasteiger partial charge in [-0.05, 0) is 32.1 Å². The van der Waals surface area contributed by atoms with Crippen molar-refractivity contribution in [1.82, 2.24) is 4.90 Å². The first-order chi connectivity index (χ1) is 6.83. The molecule has 2 saturated heterocycles. The average molecular weight is 195 g/mol. The van der Waals surface area contributed by atoms with E-state index in [-0.39, 0.29) is 6.09 Å². The highest BCUT2D eigenvalue weighted by Crippen LogP contribution is 2.35. The van der Waals surface area contributed by atoms with Gasteiger partial charge in [0.15, 0.2) is 0 Å². The van der Waals surface area contributed by atoms with Gasteiger partial charge in [-0.25, -0.2) is 4.79 Å². The van der Waals surface area contributed by atoms with Gasteiger partial charge in [-0.2, -0.15) is 0 Å². The third kappa shape index (κ3) is 1.63. The second-order valence-electron chi connectivity index (χ2n) is 4.09. The number of amides is 1. The summed E-state index contributed by atoms with van der Waals surface area (Å²) in [6.07, 6.45) is 7.36. The first kappa shape index (κ1) is 9.56. The zero-order chi connectivity index (χ0) is 9.97. The highest BCUT2D eigenvalue weighted by atomic mass is 16.6. The van der Waals surface area contributed by atoms with Crippen LogP contribution in [0.25, 0.3) is 0 Å². The van der Waals surface area contributed by atoms with E-state index in [1.165, 1.54) is 6.42 Å². The number of nitrogens with zero attached hydrogens (tertiary/aromatic N) is 1. The van der Waals surface area contributed by atoms with Crippen molar-refractivity contribution in [3.63, 3.8) is 0 Å². The Labute approximate surface area is 84.7 Å². The quantitative estimate of drug-likeness (QED) is 0.633. The Bertz CT molecular complexity index is 223. The maximum atomic E-state index is 11.7. The summed E-state index contributed by atoms with van der Waals surface area (Å²) in [4.78, 5) is 13.6. The summed E-state index contributed by atoms with van der Waals surface area (Å²) in [5, 5.41) is 0. The molecule has 0 saturated carbocycles. The molecule has 2 unspecified atom stereocenters. The summed E-state index contributed by atoms with van der Waals surface area (Å²) in [5.41, 5.74) is 0. The van der Waals surface area contributed by atoms with Gasteiger partial charge in [0.1, 0.15) is 6.61 Å². The SMILES string of the molecule is C=CCOC(=O)N1C2CCCC1CC2. The van der Waals surface area contributed by atoms with Crippen LogP contribution in [0.4, 0.5) is 4.79 Å². The van der Waals surface area contributed by atoms with Gasteiger partial charge in [-0.15, -0.1) is 0 Å². The summed E-state index contributed by atoms with van der Waals surface area (Å²) in [5.74, 6) is 0. The molecule has 14 heavy (non-hydrogen) atoms. The molecule has 0 radical (unpaired) electrons. The number of carbonyl (C=O) groups excluding carboxylic acids is 1. The third-order valence-electron chi connectivity index (χ3n) is 3.23. The second-order valence-corrected chi connectivity index (χ2v) is 4.09. The van der Waals surface area contributed by atoms with Gasteiger partial charge < -0.3 is 9.64 Å². The number of piperidine rings is 1. The lowest BCUT2D eigenvalue weighted by Crippen LogP contribution is -2.44. The minimum Gasteiger partial charge on any atom is -0.445 e. The van der Waals surface area contributed by atoms with Crippen molar-refractivity contribution < 1.29 is 9.53 Å². The highest BCUT2D eigenvalue weighted by Gasteiger charge is 2.40. The van der Waals surface area contributed by atoms with Crippen LogP contribution in [-0.2, 0) is 4.74 Å². The van der Waals surface area contributed by atoms with Crippen LogP contribution >= 0.6 is 0 Å². The summed E-state index contributed by atoms with van der Waals surface area (Å²) in [7, 11) is 0. The molecule has 2 rings (SSSR count). The van der Waals surface area contributed by atoms with Crippen molar-refractivity contribution in [2.75, 3.05) is 6.61 Å². The van der Waals surface area contributed by atoms with Gasteiger partial charge in [-0.3, -0.25) is 0 Å². The molecule has 0 aliphatic carbocycles. The molecule has 2 aliphatic heterocycles. The number of rotatable bonds is 2. The lowest BCUT2D eigenvalue weighted by atomic mass is 10.0. The minimum atomic E-state index is -0.142. The van der Waals surface area contributed by atoms with Crippen LogP contribution in [0.15, 0.2) is 12.7 Å². The predicted octanol–water partition coefficient (Wildman–Crippen LogP) is 2.33. The Kier molecular flexibility index (Phi) is 2.75. The molecule has 3 nitrogen and oxygen atoms in total. The van der Waals surface area contributed by atoms with E-state index in [0.717, 1.165) is 25.7 Å². The van der Waals surface area contributed by atoms with Crippen molar-refractivity contribution in [3.05, 3.63) is 12.7 Å². The minimum absolute atomic E-state index is 0.142. The molecule has 0 spiro atoms. The van der Waals surface area contributed by atoms with E-state index in [2.05, 4.69) is 6.58 Å². The smallest absolute Gasteiger partial charge is 0.410 e. The molecule has 3 heteroatoms. The van der Waals surface area contributed by atoms with E-state index in [1.807, 2.05) is 4.90 Å². The Hall–Kier alpha value is -0.990. The number of ether oxygens (including phenoxy) is 1. The topological polar surface area (TPSA) is 29.5 Å². The monoisotopic (exact) mass is 195 g/mol. The van der Waals surface area contributed by atoms with Crippen LogP contribution in [0.2, 0.25) is 0 Å². The van der Waals surface area contributed by atoms with Crippen LogP contribution < -0.4 is 0 Å². The molecule has 0 aromatic rings. The maximum Gasteiger partial charge on any atom is 0.410 e. The van der Waals surface area contributed by atoms with Crippen LogP contribution in [-0.4, -0.2) is 29.7 Å². The Morgan fingerprint density at radius 1 is 1.36 bits per heavy atom. The van der Waals surface area contributed by atoms with Gasteiger partial charge >= 0.3 is 6.09 Å².